The van der Waals surface area contributed by atoms with Crippen molar-refractivity contribution in [1.29, 1.82) is 0 Å². The Morgan fingerprint density at radius 3 is 2.53 bits per heavy atom. The molecule has 0 fully saturated rings. The fraction of sp³-hybridized carbons (Fsp3) is 0.636. The van der Waals surface area contributed by atoms with Gasteiger partial charge in [0.05, 0.1) is 5.69 Å². The maximum absolute atomic E-state index is 5.58. The summed E-state index contributed by atoms with van der Waals surface area (Å²) in [4.78, 5) is 2.18. The first-order valence-corrected chi connectivity index (χ1v) is 5.39. The van der Waals surface area contributed by atoms with Crippen molar-refractivity contribution >= 4 is 5.82 Å². The molecule has 0 saturated carbocycles. The molecular weight excluding hydrogens is 188 g/mol. The normalized spacial score (nSPS) is 10.7. The quantitative estimate of drug-likeness (QED) is 0.790. The first-order chi connectivity index (χ1) is 7.13. The minimum Gasteiger partial charge on any atom is -0.354 e. The van der Waals surface area contributed by atoms with Gasteiger partial charge in [-0.3, -0.25) is 0 Å². The Balaban J connectivity index is 2.74. The molecule has 0 atom stereocenters. The molecule has 0 aliphatic heterocycles. The summed E-state index contributed by atoms with van der Waals surface area (Å²) in [5.74, 6) is 1.51. The molecule has 1 aromatic rings. The maximum Gasteiger partial charge on any atom is 0.151 e. The van der Waals surface area contributed by atoms with Crippen LogP contribution in [0.15, 0.2) is 12.1 Å². The highest BCUT2D eigenvalue weighted by molar-refractivity contribution is 5.37. The van der Waals surface area contributed by atoms with Gasteiger partial charge in [0.25, 0.3) is 0 Å². The standard InChI is InChI=1S/C11H20N4/c1-9(2)8-15(7-6-12)11-5-4-10(3)13-14-11/h4-5,9H,6-8,12H2,1-3H3. The molecule has 0 aliphatic carbocycles. The van der Waals surface area contributed by atoms with Gasteiger partial charge in [-0.05, 0) is 25.0 Å². The van der Waals surface area contributed by atoms with E-state index in [4.69, 9.17) is 5.73 Å². The Morgan fingerprint density at radius 2 is 2.07 bits per heavy atom. The molecular formula is C11H20N4. The van der Waals surface area contributed by atoms with Crippen LogP contribution in [-0.2, 0) is 0 Å². The van der Waals surface area contributed by atoms with E-state index in [1.807, 2.05) is 19.1 Å². The Morgan fingerprint density at radius 1 is 1.33 bits per heavy atom. The predicted octanol–water partition coefficient (Wildman–Crippen LogP) is 1.21. The van der Waals surface area contributed by atoms with E-state index in [0.29, 0.717) is 12.5 Å². The van der Waals surface area contributed by atoms with Crippen LogP contribution in [0.25, 0.3) is 0 Å². The number of aromatic nitrogens is 2. The van der Waals surface area contributed by atoms with Gasteiger partial charge in [-0.2, -0.15) is 5.10 Å². The van der Waals surface area contributed by atoms with Crippen molar-refractivity contribution in [3.63, 3.8) is 0 Å². The third-order valence-electron chi connectivity index (χ3n) is 2.09. The molecule has 1 aromatic heterocycles. The van der Waals surface area contributed by atoms with Gasteiger partial charge in [-0.1, -0.05) is 13.8 Å². The molecule has 1 rings (SSSR count). The molecule has 1 heterocycles. The number of nitrogens with two attached hydrogens (primary N) is 1. The van der Waals surface area contributed by atoms with Gasteiger partial charge in [0.2, 0.25) is 0 Å². The second-order valence-corrected chi connectivity index (χ2v) is 4.16. The third-order valence-corrected chi connectivity index (χ3v) is 2.09. The lowest BCUT2D eigenvalue weighted by Crippen LogP contribution is -2.33. The van der Waals surface area contributed by atoms with Gasteiger partial charge < -0.3 is 10.6 Å². The van der Waals surface area contributed by atoms with Crippen LogP contribution in [0.2, 0.25) is 0 Å². The van der Waals surface area contributed by atoms with Crippen LogP contribution in [0, 0.1) is 12.8 Å². The topological polar surface area (TPSA) is 55.0 Å². The Bertz CT molecular complexity index is 281. The highest BCUT2D eigenvalue weighted by atomic mass is 15.3. The molecule has 0 aliphatic rings. The summed E-state index contributed by atoms with van der Waals surface area (Å²) in [6.45, 7) is 8.75. The highest BCUT2D eigenvalue weighted by Gasteiger charge is 2.08. The first-order valence-electron chi connectivity index (χ1n) is 5.39. The van der Waals surface area contributed by atoms with Crippen LogP contribution in [0.1, 0.15) is 19.5 Å². The van der Waals surface area contributed by atoms with Crippen molar-refractivity contribution in [1.82, 2.24) is 10.2 Å². The SMILES string of the molecule is Cc1ccc(N(CCN)CC(C)C)nn1. The van der Waals surface area contributed by atoms with Gasteiger partial charge in [0.15, 0.2) is 5.82 Å². The molecule has 84 valence electrons. The summed E-state index contributed by atoms with van der Waals surface area (Å²) < 4.78 is 0. The van der Waals surface area contributed by atoms with Crippen LogP contribution < -0.4 is 10.6 Å². The van der Waals surface area contributed by atoms with E-state index < -0.39 is 0 Å². The smallest absolute Gasteiger partial charge is 0.151 e. The van der Waals surface area contributed by atoms with E-state index in [2.05, 4.69) is 28.9 Å². The van der Waals surface area contributed by atoms with Gasteiger partial charge in [0, 0.05) is 19.6 Å². The van der Waals surface area contributed by atoms with Crippen LogP contribution in [0.5, 0.6) is 0 Å². The van der Waals surface area contributed by atoms with Crippen molar-refractivity contribution in [2.24, 2.45) is 11.7 Å². The zero-order chi connectivity index (χ0) is 11.3. The van der Waals surface area contributed by atoms with Crippen molar-refractivity contribution in [2.45, 2.75) is 20.8 Å². The van der Waals surface area contributed by atoms with Crippen molar-refractivity contribution in [3.05, 3.63) is 17.8 Å². The van der Waals surface area contributed by atoms with Crippen molar-refractivity contribution in [2.75, 3.05) is 24.5 Å². The maximum atomic E-state index is 5.58. The minimum absolute atomic E-state index is 0.597. The second kappa shape index (κ2) is 5.66. The fourth-order valence-electron chi connectivity index (χ4n) is 1.46. The van der Waals surface area contributed by atoms with E-state index in [1.54, 1.807) is 0 Å². The summed E-state index contributed by atoms with van der Waals surface area (Å²) in [7, 11) is 0. The molecule has 0 unspecified atom stereocenters. The van der Waals surface area contributed by atoms with E-state index in [9.17, 15) is 0 Å². The summed E-state index contributed by atoms with van der Waals surface area (Å²) in [6.07, 6.45) is 0. The van der Waals surface area contributed by atoms with Gasteiger partial charge in [0.1, 0.15) is 0 Å². The zero-order valence-corrected chi connectivity index (χ0v) is 9.77. The molecule has 2 N–H and O–H groups in total. The third kappa shape index (κ3) is 3.83. The van der Waals surface area contributed by atoms with Crippen molar-refractivity contribution in [3.8, 4) is 0 Å². The lowest BCUT2D eigenvalue weighted by molar-refractivity contribution is 0.604. The average Bonchev–Trinajstić information content (AvgIpc) is 2.17. The van der Waals surface area contributed by atoms with Crippen LogP contribution in [0.4, 0.5) is 5.82 Å². The fourth-order valence-corrected chi connectivity index (χ4v) is 1.46. The van der Waals surface area contributed by atoms with Crippen molar-refractivity contribution < 1.29 is 0 Å². The lowest BCUT2D eigenvalue weighted by Gasteiger charge is -2.24. The number of hydrogen-bond acceptors (Lipinski definition) is 4. The monoisotopic (exact) mass is 208 g/mol. The Labute approximate surface area is 91.5 Å². The lowest BCUT2D eigenvalue weighted by atomic mass is 10.2. The predicted molar refractivity (Wildman–Crippen MR) is 62.9 cm³/mol. The number of aryl methyl sites for hydroxylation is 1. The summed E-state index contributed by atoms with van der Waals surface area (Å²) in [5.41, 5.74) is 6.52. The van der Waals surface area contributed by atoms with E-state index in [1.165, 1.54) is 0 Å². The number of anilines is 1. The molecule has 0 amide bonds. The van der Waals surface area contributed by atoms with Crippen LogP contribution in [0.3, 0.4) is 0 Å². The van der Waals surface area contributed by atoms with E-state index in [0.717, 1.165) is 24.6 Å². The summed E-state index contributed by atoms with van der Waals surface area (Å²) in [5, 5.41) is 8.23. The second-order valence-electron chi connectivity index (χ2n) is 4.16. The summed E-state index contributed by atoms with van der Waals surface area (Å²) >= 11 is 0. The number of hydrogen-bond donors (Lipinski definition) is 1. The molecule has 15 heavy (non-hydrogen) atoms. The Hall–Kier alpha value is -1.16. The molecule has 4 heteroatoms. The molecule has 4 nitrogen and oxygen atoms in total. The zero-order valence-electron chi connectivity index (χ0n) is 9.77. The summed E-state index contributed by atoms with van der Waals surface area (Å²) in [6, 6.07) is 3.98. The minimum atomic E-state index is 0.597. The van der Waals surface area contributed by atoms with Gasteiger partial charge in [-0.15, -0.1) is 5.10 Å². The van der Waals surface area contributed by atoms with E-state index >= 15 is 0 Å². The largest absolute Gasteiger partial charge is 0.354 e. The molecule has 0 spiro atoms. The molecule has 0 saturated heterocycles. The average molecular weight is 208 g/mol. The van der Waals surface area contributed by atoms with Gasteiger partial charge in [-0.25, -0.2) is 0 Å². The Kier molecular flexibility index (Phi) is 4.49. The molecule has 0 radical (unpaired) electrons. The number of nitrogens with zero attached hydrogens (tertiary/aromatic N) is 3. The molecule has 0 aromatic carbocycles. The van der Waals surface area contributed by atoms with Crippen LogP contribution >= 0.6 is 0 Å². The van der Waals surface area contributed by atoms with E-state index in [-0.39, 0.29) is 0 Å². The first kappa shape index (κ1) is 11.9. The van der Waals surface area contributed by atoms with Crippen LogP contribution in [-0.4, -0.2) is 29.8 Å². The van der Waals surface area contributed by atoms with Gasteiger partial charge >= 0.3 is 0 Å². The number of rotatable bonds is 5. The highest BCUT2D eigenvalue weighted by Crippen LogP contribution is 2.10. The molecule has 0 bridgehead atoms.